The maximum Gasteiger partial charge on any atom is 0.146 e. The van der Waals surface area contributed by atoms with E-state index in [1.807, 2.05) is 18.0 Å². The van der Waals surface area contributed by atoms with Gasteiger partial charge in [0.2, 0.25) is 0 Å². The van der Waals surface area contributed by atoms with Crippen LogP contribution in [0.25, 0.3) is 0 Å². The minimum atomic E-state index is -0.206. The van der Waals surface area contributed by atoms with Gasteiger partial charge in [0.25, 0.3) is 0 Å². The van der Waals surface area contributed by atoms with E-state index in [1.54, 1.807) is 12.1 Å². The van der Waals surface area contributed by atoms with E-state index in [1.165, 1.54) is 6.07 Å². The first-order valence-corrected chi connectivity index (χ1v) is 6.49. The molecule has 0 spiro atoms. The first kappa shape index (κ1) is 14.9. The zero-order valence-electron chi connectivity index (χ0n) is 11.2. The first-order valence-electron chi connectivity index (χ1n) is 6.49. The molecule has 0 radical (unpaired) electrons. The van der Waals surface area contributed by atoms with Gasteiger partial charge in [-0.15, -0.1) is 0 Å². The zero-order chi connectivity index (χ0) is 13.4. The summed E-state index contributed by atoms with van der Waals surface area (Å²) < 4.78 is 13.5. The Morgan fingerprint density at radius 3 is 2.72 bits per heavy atom. The second-order valence-corrected chi connectivity index (χ2v) is 4.50. The van der Waals surface area contributed by atoms with Crippen LogP contribution < -0.4 is 10.2 Å². The van der Waals surface area contributed by atoms with E-state index >= 15 is 0 Å². The zero-order valence-corrected chi connectivity index (χ0v) is 11.2. The molecule has 0 aliphatic carbocycles. The van der Waals surface area contributed by atoms with E-state index in [0.717, 1.165) is 19.4 Å². The summed E-state index contributed by atoms with van der Waals surface area (Å²) in [5.74, 6) is -0.206. The van der Waals surface area contributed by atoms with Crippen LogP contribution in [0.5, 0.6) is 0 Å². The molecule has 1 rings (SSSR count). The molecule has 0 fully saturated rings. The molecule has 0 amide bonds. The Labute approximate surface area is 109 Å². The van der Waals surface area contributed by atoms with Crippen LogP contribution >= 0.6 is 0 Å². The SMILES string of the molecule is CCCNC(CO)CCN(C)c1ccccc1F. The molecule has 2 N–H and O–H groups in total. The number of nitrogens with zero attached hydrogens (tertiary/aromatic N) is 1. The summed E-state index contributed by atoms with van der Waals surface area (Å²) in [4.78, 5) is 1.88. The lowest BCUT2D eigenvalue weighted by atomic mass is 10.2. The average molecular weight is 254 g/mol. The Hall–Kier alpha value is -1.13. The van der Waals surface area contributed by atoms with Gasteiger partial charge in [0.05, 0.1) is 12.3 Å². The molecular formula is C14H23FN2O. The van der Waals surface area contributed by atoms with Crippen LogP contribution in [0, 0.1) is 5.82 Å². The fourth-order valence-electron chi connectivity index (χ4n) is 1.84. The molecule has 0 aliphatic rings. The summed E-state index contributed by atoms with van der Waals surface area (Å²) in [6.45, 7) is 3.82. The highest BCUT2D eigenvalue weighted by atomic mass is 19.1. The highest BCUT2D eigenvalue weighted by molar-refractivity contribution is 5.46. The molecule has 102 valence electrons. The number of halogens is 1. The molecule has 1 unspecified atom stereocenters. The van der Waals surface area contributed by atoms with Crippen molar-refractivity contribution in [2.45, 2.75) is 25.8 Å². The Balaban J connectivity index is 2.44. The third-order valence-corrected chi connectivity index (χ3v) is 2.98. The van der Waals surface area contributed by atoms with Gasteiger partial charge in [-0.25, -0.2) is 4.39 Å². The first-order chi connectivity index (χ1) is 8.69. The molecule has 0 saturated carbocycles. The van der Waals surface area contributed by atoms with Crippen molar-refractivity contribution in [1.82, 2.24) is 5.32 Å². The van der Waals surface area contributed by atoms with E-state index in [9.17, 15) is 9.50 Å². The van der Waals surface area contributed by atoms with Crippen LogP contribution in [0.4, 0.5) is 10.1 Å². The molecule has 0 bridgehead atoms. The number of nitrogens with one attached hydrogen (secondary N) is 1. The summed E-state index contributed by atoms with van der Waals surface area (Å²) in [5, 5.41) is 12.5. The predicted molar refractivity (Wildman–Crippen MR) is 73.5 cm³/mol. The normalized spacial score (nSPS) is 12.4. The van der Waals surface area contributed by atoms with E-state index in [0.29, 0.717) is 12.2 Å². The molecule has 0 saturated heterocycles. The van der Waals surface area contributed by atoms with E-state index in [2.05, 4.69) is 12.2 Å². The van der Waals surface area contributed by atoms with Crippen molar-refractivity contribution in [1.29, 1.82) is 0 Å². The summed E-state index contributed by atoms with van der Waals surface area (Å²) >= 11 is 0. The van der Waals surface area contributed by atoms with Crippen molar-refractivity contribution in [3.63, 3.8) is 0 Å². The summed E-state index contributed by atoms with van der Waals surface area (Å²) in [7, 11) is 1.87. The summed E-state index contributed by atoms with van der Waals surface area (Å²) in [6.07, 6.45) is 1.83. The maximum absolute atomic E-state index is 13.5. The molecule has 0 heterocycles. The molecule has 0 aromatic heterocycles. The third-order valence-electron chi connectivity index (χ3n) is 2.98. The number of rotatable bonds is 8. The molecule has 1 aromatic rings. The maximum atomic E-state index is 13.5. The number of para-hydroxylation sites is 1. The Morgan fingerprint density at radius 1 is 1.39 bits per heavy atom. The molecule has 0 aliphatic heterocycles. The van der Waals surface area contributed by atoms with Gasteiger partial charge in [-0.2, -0.15) is 0 Å². The third kappa shape index (κ3) is 4.63. The van der Waals surface area contributed by atoms with Crippen LogP contribution in [0.15, 0.2) is 24.3 Å². The van der Waals surface area contributed by atoms with Gasteiger partial charge in [-0.1, -0.05) is 19.1 Å². The second kappa shape index (κ2) is 8.06. The highest BCUT2D eigenvalue weighted by Gasteiger charge is 2.10. The molecule has 4 heteroatoms. The monoisotopic (exact) mass is 254 g/mol. The van der Waals surface area contributed by atoms with Crippen molar-refractivity contribution < 1.29 is 9.50 Å². The van der Waals surface area contributed by atoms with Gasteiger partial charge in [0.15, 0.2) is 0 Å². The Kier molecular flexibility index (Phi) is 6.68. The van der Waals surface area contributed by atoms with Crippen LogP contribution in [-0.2, 0) is 0 Å². The van der Waals surface area contributed by atoms with Crippen molar-refractivity contribution in [3.8, 4) is 0 Å². The van der Waals surface area contributed by atoms with Crippen LogP contribution in [-0.4, -0.2) is 37.9 Å². The lowest BCUT2D eigenvalue weighted by Gasteiger charge is -2.23. The quantitative estimate of drug-likeness (QED) is 0.745. The number of hydrogen-bond acceptors (Lipinski definition) is 3. The Morgan fingerprint density at radius 2 is 2.11 bits per heavy atom. The number of anilines is 1. The molecular weight excluding hydrogens is 231 g/mol. The highest BCUT2D eigenvalue weighted by Crippen LogP contribution is 2.17. The van der Waals surface area contributed by atoms with Crippen molar-refractivity contribution in [2.75, 3.05) is 31.6 Å². The van der Waals surface area contributed by atoms with Crippen molar-refractivity contribution in [3.05, 3.63) is 30.1 Å². The van der Waals surface area contributed by atoms with Gasteiger partial charge < -0.3 is 15.3 Å². The number of hydrogen-bond donors (Lipinski definition) is 2. The van der Waals surface area contributed by atoms with Crippen LogP contribution in [0.3, 0.4) is 0 Å². The van der Waals surface area contributed by atoms with Gasteiger partial charge >= 0.3 is 0 Å². The summed E-state index contributed by atoms with van der Waals surface area (Å²) in [5.41, 5.74) is 0.602. The minimum absolute atomic E-state index is 0.0826. The van der Waals surface area contributed by atoms with Crippen LogP contribution in [0.1, 0.15) is 19.8 Å². The predicted octanol–water partition coefficient (Wildman–Crippen LogP) is 2.01. The van der Waals surface area contributed by atoms with Gasteiger partial charge in [-0.3, -0.25) is 0 Å². The lowest BCUT2D eigenvalue weighted by molar-refractivity contribution is 0.237. The number of benzene rings is 1. The Bertz CT molecular complexity index is 346. The fourth-order valence-corrected chi connectivity index (χ4v) is 1.84. The summed E-state index contributed by atoms with van der Waals surface area (Å²) in [6, 6.07) is 6.83. The largest absolute Gasteiger partial charge is 0.395 e. The molecule has 3 nitrogen and oxygen atoms in total. The van der Waals surface area contributed by atoms with Crippen molar-refractivity contribution in [2.24, 2.45) is 0 Å². The van der Waals surface area contributed by atoms with E-state index in [4.69, 9.17) is 0 Å². The molecule has 1 atom stereocenters. The van der Waals surface area contributed by atoms with Gasteiger partial charge in [0, 0.05) is 19.6 Å². The van der Waals surface area contributed by atoms with Gasteiger partial charge in [-0.05, 0) is 31.5 Å². The van der Waals surface area contributed by atoms with Gasteiger partial charge in [0.1, 0.15) is 5.82 Å². The average Bonchev–Trinajstić information content (AvgIpc) is 2.39. The molecule has 18 heavy (non-hydrogen) atoms. The number of aliphatic hydroxyl groups excluding tert-OH is 1. The minimum Gasteiger partial charge on any atom is -0.395 e. The van der Waals surface area contributed by atoms with E-state index in [-0.39, 0.29) is 18.5 Å². The number of aliphatic hydroxyl groups is 1. The van der Waals surface area contributed by atoms with Crippen molar-refractivity contribution >= 4 is 5.69 Å². The van der Waals surface area contributed by atoms with Crippen LogP contribution in [0.2, 0.25) is 0 Å². The second-order valence-electron chi connectivity index (χ2n) is 4.50. The standard InChI is InChI=1S/C14H23FN2O/c1-3-9-16-12(11-18)8-10-17(2)14-7-5-4-6-13(14)15/h4-7,12,16,18H,3,8-11H2,1-2H3. The lowest BCUT2D eigenvalue weighted by Crippen LogP contribution is -2.36. The topological polar surface area (TPSA) is 35.5 Å². The van der Waals surface area contributed by atoms with E-state index < -0.39 is 0 Å². The fraction of sp³-hybridized carbons (Fsp3) is 0.571. The molecule has 1 aromatic carbocycles. The smallest absolute Gasteiger partial charge is 0.146 e.